The number of nitrogens with zero attached hydrogens (tertiary/aromatic N) is 2. The fourth-order valence-electron chi connectivity index (χ4n) is 5.37. The van der Waals surface area contributed by atoms with Gasteiger partial charge < -0.3 is 15.4 Å². The summed E-state index contributed by atoms with van der Waals surface area (Å²) >= 11 is 26.9. The number of alkyl halides is 6. The summed E-state index contributed by atoms with van der Waals surface area (Å²) in [6, 6.07) is 17.6. The van der Waals surface area contributed by atoms with Crippen LogP contribution in [0.15, 0.2) is 87.6 Å². The molecule has 50 heavy (non-hydrogen) atoms. The number of oxime groups is 2. The topological polar surface area (TPSA) is 69.2 Å². The van der Waals surface area contributed by atoms with E-state index in [1.165, 1.54) is 36.4 Å². The third kappa shape index (κ3) is 7.55. The standard InChI is InChI=1S/C17H11BrCl2F3NO.C17H13Cl2F3N2O/c1-9-4-10(2-3-14(9)18)15-8-16(25-24-15,17(21,22)23)11-5-12(19)7-13(20)6-11;1-9-4-10(2-3-14(9)23)15-8-16(25-24-15,17(20,21)22)11-5-12(18)7-13(19)6-11/h2-7H,8H2,1H3;2-7H,8,23H2,1H3. The first kappa shape index (κ1) is 38.1. The Kier molecular flexibility index (Phi) is 10.7. The quantitative estimate of drug-likeness (QED) is 0.164. The molecule has 2 unspecified atom stereocenters. The van der Waals surface area contributed by atoms with Gasteiger partial charge in [-0.05, 0) is 96.8 Å². The molecule has 16 heteroatoms. The Hall–Kier alpha value is -3.16. The SMILES string of the molecule is Cc1cc(C2=NOC(c3cc(Cl)cc(Cl)c3)(C(F)(F)F)C2)ccc1Br.Cc1cc(C2=NOC(c3cc(Cl)cc(Cl)c3)(C(F)(F)F)C2)ccc1N. The molecule has 2 aliphatic rings. The van der Waals surface area contributed by atoms with E-state index in [0.717, 1.165) is 15.6 Å². The van der Waals surface area contributed by atoms with Gasteiger partial charge in [-0.2, -0.15) is 26.3 Å². The smallest absolute Gasteiger partial charge is 0.399 e. The van der Waals surface area contributed by atoms with Crippen molar-refractivity contribution in [2.75, 3.05) is 5.73 Å². The minimum absolute atomic E-state index is 0.0894. The number of nitrogen functional groups attached to an aromatic ring is 1. The van der Waals surface area contributed by atoms with Crippen LogP contribution < -0.4 is 5.73 Å². The Bertz CT molecular complexity index is 1840. The second-order valence-electron chi connectivity index (χ2n) is 11.6. The second-order valence-corrected chi connectivity index (χ2v) is 14.2. The van der Waals surface area contributed by atoms with E-state index in [4.69, 9.17) is 61.8 Å². The molecule has 0 aliphatic carbocycles. The number of hydrogen-bond acceptors (Lipinski definition) is 5. The van der Waals surface area contributed by atoms with Gasteiger partial charge in [0.15, 0.2) is 0 Å². The molecule has 2 N–H and O–H groups in total. The van der Waals surface area contributed by atoms with Crippen LogP contribution in [0.4, 0.5) is 32.0 Å². The van der Waals surface area contributed by atoms with E-state index < -0.39 is 36.4 Å². The van der Waals surface area contributed by atoms with E-state index in [-0.39, 0.29) is 42.6 Å². The van der Waals surface area contributed by atoms with E-state index in [1.807, 2.05) is 6.92 Å². The number of benzene rings is 4. The van der Waals surface area contributed by atoms with Gasteiger partial charge in [-0.3, -0.25) is 0 Å². The van der Waals surface area contributed by atoms with Crippen molar-refractivity contribution in [2.24, 2.45) is 10.3 Å². The largest absolute Gasteiger partial charge is 0.435 e. The summed E-state index contributed by atoms with van der Waals surface area (Å²) < 4.78 is 84.3. The highest BCUT2D eigenvalue weighted by Crippen LogP contribution is 2.51. The van der Waals surface area contributed by atoms with Gasteiger partial charge in [0, 0.05) is 54.2 Å². The van der Waals surface area contributed by atoms with Gasteiger partial charge in [0.2, 0.25) is 0 Å². The summed E-state index contributed by atoms with van der Waals surface area (Å²) in [5.41, 5.74) is 3.80. The maximum atomic E-state index is 13.9. The van der Waals surface area contributed by atoms with Gasteiger partial charge in [-0.1, -0.05) is 84.8 Å². The number of rotatable bonds is 4. The minimum Gasteiger partial charge on any atom is -0.399 e. The lowest BCUT2D eigenvalue weighted by Gasteiger charge is -2.29. The summed E-state index contributed by atoms with van der Waals surface area (Å²) in [6.45, 7) is 3.61. The van der Waals surface area contributed by atoms with Crippen molar-refractivity contribution in [3.63, 3.8) is 0 Å². The van der Waals surface area contributed by atoms with Gasteiger partial charge in [0.25, 0.3) is 11.2 Å². The lowest BCUT2D eigenvalue weighted by molar-refractivity contribution is -0.276. The number of halogens is 11. The molecule has 2 heterocycles. The zero-order chi connectivity index (χ0) is 36.8. The van der Waals surface area contributed by atoms with Crippen molar-refractivity contribution in [1.82, 2.24) is 0 Å². The lowest BCUT2D eigenvalue weighted by Crippen LogP contribution is -2.42. The van der Waals surface area contributed by atoms with Crippen molar-refractivity contribution in [3.05, 3.63) is 131 Å². The molecule has 0 spiro atoms. The van der Waals surface area contributed by atoms with Crippen LogP contribution in [0.5, 0.6) is 0 Å². The van der Waals surface area contributed by atoms with Crippen LogP contribution in [-0.4, -0.2) is 23.8 Å². The third-order valence-electron chi connectivity index (χ3n) is 8.12. The van der Waals surface area contributed by atoms with Crippen molar-refractivity contribution >= 4 is 79.4 Å². The molecule has 0 fully saturated rings. The first-order valence-corrected chi connectivity index (χ1v) is 16.7. The minimum atomic E-state index is -4.71. The number of anilines is 1. The Balaban J connectivity index is 0.000000194. The maximum Gasteiger partial charge on any atom is 0.435 e. The van der Waals surface area contributed by atoms with Crippen LogP contribution in [0, 0.1) is 13.8 Å². The molecule has 2 aliphatic heterocycles. The molecule has 0 amide bonds. The maximum absolute atomic E-state index is 13.9. The van der Waals surface area contributed by atoms with Crippen LogP contribution in [0.25, 0.3) is 0 Å². The van der Waals surface area contributed by atoms with Crippen molar-refractivity contribution in [1.29, 1.82) is 0 Å². The molecule has 0 bridgehead atoms. The fraction of sp³-hybridized carbons (Fsp3) is 0.235. The number of hydrogen-bond donors (Lipinski definition) is 1. The lowest BCUT2D eigenvalue weighted by atomic mass is 9.86. The average Bonchev–Trinajstić information content (AvgIpc) is 3.67. The summed E-state index contributed by atoms with van der Waals surface area (Å²) in [7, 11) is 0. The normalized spacial score (nSPS) is 20.3. The molecule has 0 saturated carbocycles. The molecule has 4 aromatic rings. The molecule has 2 atom stereocenters. The van der Waals surface area contributed by atoms with E-state index in [0.29, 0.717) is 16.8 Å². The second kappa shape index (κ2) is 14.1. The molecule has 4 aromatic carbocycles. The first-order chi connectivity index (χ1) is 23.2. The predicted molar refractivity (Wildman–Crippen MR) is 187 cm³/mol. The molecule has 264 valence electrons. The predicted octanol–water partition coefficient (Wildman–Crippen LogP) is 12.1. The van der Waals surface area contributed by atoms with Gasteiger partial charge in [-0.15, -0.1) is 0 Å². The molecular weight excluding hydrogens is 818 g/mol. The molecule has 6 rings (SSSR count). The highest BCUT2D eigenvalue weighted by molar-refractivity contribution is 9.10. The fourth-order valence-corrected chi connectivity index (χ4v) is 6.67. The van der Waals surface area contributed by atoms with Gasteiger partial charge in [-0.25, -0.2) is 0 Å². The molecule has 0 aromatic heterocycles. The van der Waals surface area contributed by atoms with Crippen molar-refractivity contribution in [3.8, 4) is 0 Å². The summed E-state index contributed by atoms with van der Waals surface area (Å²) in [5, 5.41) is 7.81. The van der Waals surface area contributed by atoms with Crippen LogP contribution in [-0.2, 0) is 20.9 Å². The molecule has 0 saturated heterocycles. The highest BCUT2D eigenvalue weighted by Gasteiger charge is 2.63. The first-order valence-electron chi connectivity index (χ1n) is 14.4. The van der Waals surface area contributed by atoms with E-state index in [1.54, 1.807) is 43.3 Å². The Morgan fingerprint density at radius 2 is 1.00 bits per heavy atom. The van der Waals surface area contributed by atoms with E-state index >= 15 is 0 Å². The van der Waals surface area contributed by atoms with Crippen LogP contribution >= 0.6 is 62.3 Å². The Labute approximate surface area is 311 Å². The van der Waals surface area contributed by atoms with Gasteiger partial charge in [0.1, 0.15) is 0 Å². The number of aryl methyl sites for hydroxylation is 2. The summed E-state index contributed by atoms with van der Waals surface area (Å²) in [4.78, 5) is 9.92. The van der Waals surface area contributed by atoms with Crippen LogP contribution in [0.1, 0.15) is 46.2 Å². The number of nitrogens with two attached hydrogens (primary N) is 1. The Morgan fingerprint density at radius 1 is 0.620 bits per heavy atom. The van der Waals surface area contributed by atoms with Crippen molar-refractivity contribution < 1.29 is 36.0 Å². The van der Waals surface area contributed by atoms with Crippen LogP contribution in [0.2, 0.25) is 20.1 Å². The monoisotopic (exact) mass is 839 g/mol. The van der Waals surface area contributed by atoms with Crippen molar-refractivity contribution in [2.45, 2.75) is 50.2 Å². The summed E-state index contributed by atoms with van der Waals surface area (Å²) in [6.07, 6.45) is -10.4. The summed E-state index contributed by atoms with van der Waals surface area (Å²) in [5.74, 6) is 0. The highest BCUT2D eigenvalue weighted by atomic mass is 79.9. The van der Waals surface area contributed by atoms with Gasteiger partial charge >= 0.3 is 12.4 Å². The molecule has 5 nitrogen and oxygen atoms in total. The van der Waals surface area contributed by atoms with E-state index in [2.05, 4.69) is 26.2 Å². The molecule has 0 radical (unpaired) electrons. The van der Waals surface area contributed by atoms with Crippen LogP contribution in [0.3, 0.4) is 0 Å². The van der Waals surface area contributed by atoms with E-state index in [9.17, 15) is 26.3 Å². The zero-order valence-corrected chi connectivity index (χ0v) is 30.4. The molecular formula is C34H24BrCl4F6N3O2. The average molecular weight is 842 g/mol. The van der Waals surface area contributed by atoms with Gasteiger partial charge in [0.05, 0.1) is 11.4 Å². The zero-order valence-electron chi connectivity index (χ0n) is 25.8. The third-order valence-corrected chi connectivity index (χ3v) is 9.89. The Morgan fingerprint density at radius 3 is 1.36 bits per heavy atom.